The number of piperazine rings is 1. The van der Waals surface area contributed by atoms with Crippen LogP contribution < -0.4 is 5.76 Å². The van der Waals surface area contributed by atoms with E-state index in [2.05, 4.69) is 5.10 Å². The third-order valence-corrected chi connectivity index (χ3v) is 8.11. The zero-order valence-corrected chi connectivity index (χ0v) is 18.2. The summed E-state index contributed by atoms with van der Waals surface area (Å²) >= 11 is 1.45. The Labute approximate surface area is 183 Å². The van der Waals surface area contributed by atoms with Gasteiger partial charge in [0.15, 0.2) is 0 Å². The maximum atomic E-state index is 13.1. The van der Waals surface area contributed by atoms with Gasteiger partial charge in [-0.2, -0.15) is 8.99 Å². The Hall–Kier alpha value is -2.79. The number of hydrogen-bond donors (Lipinski definition) is 0. The Bertz CT molecular complexity index is 1370. The SMILES string of the molecule is O=c1oc(-c2cccs2)nn1CN1CCN(S(=O)(=O)c2ccc3ccccc3c2)CC1. The highest BCUT2D eigenvalue weighted by molar-refractivity contribution is 7.89. The summed E-state index contributed by atoms with van der Waals surface area (Å²) in [5.41, 5.74) is 0. The van der Waals surface area contributed by atoms with Gasteiger partial charge in [-0.05, 0) is 34.4 Å². The number of sulfonamides is 1. The van der Waals surface area contributed by atoms with Crippen molar-refractivity contribution in [1.29, 1.82) is 0 Å². The molecule has 8 nitrogen and oxygen atoms in total. The van der Waals surface area contributed by atoms with Crippen molar-refractivity contribution in [1.82, 2.24) is 19.0 Å². The molecule has 5 rings (SSSR count). The van der Waals surface area contributed by atoms with Gasteiger partial charge in [0.1, 0.15) is 6.67 Å². The fraction of sp³-hybridized carbons (Fsp3) is 0.238. The first-order valence-electron chi connectivity index (χ1n) is 9.84. The van der Waals surface area contributed by atoms with Crippen molar-refractivity contribution in [2.75, 3.05) is 26.2 Å². The second-order valence-electron chi connectivity index (χ2n) is 7.32. The van der Waals surface area contributed by atoms with E-state index in [0.29, 0.717) is 37.0 Å². The molecule has 160 valence electrons. The minimum absolute atomic E-state index is 0.261. The van der Waals surface area contributed by atoms with Crippen LogP contribution >= 0.6 is 11.3 Å². The van der Waals surface area contributed by atoms with E-state index in [1.807, 2.05) is 52.7 Å². The molecule has 1 saturated heterocycles. The van der Waals surface area contributed by atoms with Crippen molar-refractivity contribution >= 4 is 32.1 Å². The summed E-state index contributed by atoms with van der Waals surface area (Å²) in [6, 6.07) is 16.6. The van der Waals surface area contributed by atoms with Crippen molar-refractivity contribution in [2.24, 2.45) is 0 Å². The van der Waals surface area contributed by atoms with Crippen molar-refractivity contribution in [2.45, 2.75) is 11.6 Å². The van der Waals surface area contributed by atoms with Gasteiger partial charge in [-0.15, -0.1) is 16.4 Å². The zero-order valence-electron chi connectivity index (χ0n) is 16.5. The first-order chi connectivity index (χ1) is 15.0. The van der Waals surface area contributed by atoms with Crippen molar-refractivity contribution < 1.29 is 12.8 Å². The minimum atomic E-state index is -3.58. The quantitative estimate of drug-likeness (QED) is 0.459. The zero-order chi connectivity index (χ0) is 21.4. The summed E-state index contributed by atoms with van der Waals surface area (Å²) in [6.45, 7) is 1.96. The molecule has 0 N–H and O–H groups in total. The lowest BCUT2D eigenvalue weighted by Crippen LogP contribution is -2.49. The van der Waals surface area contributed by atoms with E-state index in [1.165, 1.54) is 20.3 Å². The van der Waals surface area contributed by atoms with Crippen LogP contribution in [0.4, 0.5) is 0 Å². The summed E-state index contributed by atoms with van der Waals surface area (Å²) in [4.78, 5) is 15.2. The van der Waals surface area contributed by atoms with Crippen LogP contribution in [0.15, 0.2) is 74.1 Å². The maximum Gasteiger partial charge on any atom is 0.438 e. The summed E-state index contributed by atoms with van der Waals surface area (Å²) in [5, 5.41) is 8.06. The van der Waals surface area contributed by atoms with E-state index in [0.717, 1.165) is 15.6 Å². The van der Waals surface area contributed by atoms with Gasteiger partial charge in [0, 0.05) is 26.2 Å². The van der Waals surface area contributed by atoms with Gasteiger partial charge in [-0.3, -0.25) is 4.90 Å². The van der Waals surface area contributed by atoms with Crippen molar-refractivity contribution in [3.05, 3.63) is 70.5 Å². The number of rotatable bonds is 5. The molecule has 10 heteroatoms. The lowest BCUT2D eigenvalue weighted by atomic mass is 10.1. The fourth-order valence-corrected chi connectivity index (χ4v) is 5.78. The minimum Gasteiger partial charge on any atom is -0.387 e. The molecular formula is C21H20N4O4S2. The standard InChI is InChI=1S/C21H20N4O4S2/c26-21-25(22-20(29-21)19-6-3-13-30-19)15-23-9-11-24(12-10-23)31(27,28)18-8-7-16-4-1-2-5-17(16)14-18/h1-8,13-14H,9-12,15H2. The van der Waals surface area contributed by atoms with Crippen LogP contribution in [0.1, 0.15) is 0 Å². The highest BCUT2D eigenvalue weighted by Crippen LogP contribution is 2.23. The second kappa shape index (κ2) is 8.04. The van der Waals surface area contributed by atoms with E-state index < -0.39 is 15.8 Å². The molecule has 0 radical (unpaired) electrons. The van der Waals surface area contributed by atoms with E-state index >= 15 is 0 Å². The van der Waals surface area contributed by atoms with E-state index in [-0.39, 0.29) is 6.67 Å². The molecule has 1 aliphatic heterocycles. The third-order valence-electron chi connectivity index (χ3n) is 5.36. The molecule has 0 atom stereocenters. The molecule has 2 aromatic heterocycles. The highest BCUT2D eigenvalue weighted by atomic mass is 32.2. The number of benzene rings is 2. The van der Waals surface area contributed by atoms with Gasteiger partial charge < -0.3 is 4.42 Å². The predicted octanol–water partition coefficient (Wildman–Crippen LogP) is 2.68. The monoisotopic (exact) mass is 456 g/mol. The Morgan fingerprint density at radius 2 is 1.74 bits per heavy atom. The second-order valence-corrected chi connectivity index (χ2v) is 10.2. The molecule has 1 fully saturated rings. The maximum absolute atomic E-state index is 13.1. The van der Waals surface area contributed by atoms with Crippen LogP contribution in [0.3, 0.4) is 0 Å². The third kappa shape index (κ3) is 3.94. The van der Waals surface area contributed by atoms with Gasteiger partial charge in [0.25, 0.3) is 5.89 Å². The van der Waals surface area contributed by atoms with E-state index in [4.69, 9.17) is 4.42 Å². The largest absolute Gasteiger partial charge is 0.438 e. The van der Waals surface area contributed by atoms with Crippen LogP contribution in [0.2, 0.25) is 0 Å². The summed E-state index contributed by atoms with van der Waals surface area (Å²) in [7, 11) is -3.58. The van der Waals surface area contributed by atoms with E-state index in [1.54, 1.807) is 12.1 Å². The highest BCUT2D eigenvalue weighted by Gasteiger charge is 2.29. The first-order valence-corrected chi connectivity index (χ1v) is 12.2. The van der Waals surface area contributed by atoms with Gasteiger partial charge in [-0.1, -0.05) is 36.4 Å². The van der Waals surface area contributed by atoms with E-state index in [9.17, 15) is 13.2 Å². The van der Waals surface area contributed by atoms with Gasteiger partial charge in [0.05, 0.1) is 9.77 Å². The van der Waals surface area contributed by atoms with Crippen molar-refractivity contribution in [3.63, 3.8) is 0 Å². The molecule has 2 aromatic carbocycles. The molecule has 3 heterocycles. The van der Waals surface area contributed by atoms with Crippen LogP contribution in [0.5, 0.6) is 0 Å². The van der Waals surface area contributed by atoms with Crippen LogP contribution in [-0.2, 0) is 16.7 Å². The normalized spacial score (nSPS) is 16.1. The predicted molar refractivity (Wildman–Crippen MR) is 118 cm³/mol. The molecule has 0 bridgehead atoms. The Morgan fingerprint density at radius 1 is 0.968 bits per heavy atom. The fourth-order valence-electron chi connectivity index (χ4n) is 3.67. The number of fused-ring (bicyclic) bond motifs is 1. The van der Waals surface area contributed by atoms with Crippen LogP contribution in [0, 0.1) is 0 Å². The lowest BCUT2D eigenvalue weighted by molar-refractivity contribution is 0.142. The number of thiophene rings is 1. The molecule has 0 spiro atoms. The lowest BCUT2D eigenvalue weighted by Gasteiger charge is -2.33. The summed E-state index contributed by atoms with van der Waals surface area (Å²) < 4.78 is 34.2. The van der Waals surface area contributed by atoms with Gasteiger partial charge >= 0.3 is 5.76 Å². The van der Waals surface area contributed by atoms with Crippen LogP contribution in [-0.4, -0.2) is 53.6 Å². The molecule has 0 unspecified atom stereocenters. The molecule has 0 amide bonds. The summed E-state index contributed by atoms with van der Waals surface area (Å²) in [6.07, 6.45) is 0. The number of aromatic nitrogens is 2. The Balaban J connectivity index is 1.27. The number of nitrogens with zero attached hydrogens (tertiary/aromatic N) is 4. The van der Waals surface area contributed by atoms with Crippen LogP contribution in [0.25, 0.3) is 21.5 Å². The molecule has 31 heavy (non-hydrogen) atoms. The van der Waals surface area contributed by atoms with Gasteiger partial charge in [0.2, 0.25) is 10.0 Å². The average molecular weight is 457 g/mol. The molecule has 0 saturated carbocycles. The smallest absolute Gasteiger partial charge is 0.387 e. The Morgan fingerprint density at radius 3 is 2.48 bits per heavy atom. The number of hydrogen-bond acceptors (Lipinski definition) is 7. The molecular weight excluding hydrogens is 436 g/mol. The average Bonchev–Trinajstić information content (AvgIpc) is 3.44. The summed E-state index contributed by atoms with van der Waals surface area (Å²) in [5.74, 6) is -0.216. The Kier molecular flexibility index (Phi) is 5.22. The van der Waals surface area contributed by atoms with Crippen molar-refractivity contribution in [3.8, 4) is 10.8 Å². The first kappa shape index (κ1) is 20.1. The molecule has 1 aliphatic rings. The topological polar surface area (TPSA) is 88.7 Å². The van der Waals surface area contributed by atoms with Gasteiger partial charge in [-0.25, -0.2) is 13.2 Å². The molecule has 0 aliphatic carbocycles. The molecule has 4 aromatic rings.